The summed E-state index contributed by atoms with van der Waals surface area (Å²) in [4.78, 5) is 8.42. The molecule has 3 heterocycles. The highest BCUT2D eigenvalue weighted by molar-refractivity contribution is 5.92. The number of aryl methyl sites for hydroxylation is 1. The van der Waals surface area contributed by atoms with Crippen LogP contribution in [0.3, 0.4) is 0 Å². The van der Waals surface area contributed by atoms with Crippen LogP contribution in [0.15, 0.2) is 23.4 Å². The van der Waals surface area contributed by atoms with Crippen molar-refractivity contribution in [2.75, 3.05) is 0 Å². The Balaban J connectivity index is 1.74. The Morgan fingerprint density at radius 1 is 1.21 bits per heavy atom. The van der Waals surface area contributed by atoms with Gasteiger partial charge in [0.15, 0.2) is 0 Å². The summed E-state index contributed by atoms with van der Waals surface area (Å²) >= 11 is 0. The average Bonchev–Trinajstić information content (AvgIpc) is 3.02. The van der Waals surface area contributed by atoms with Gasteiger partial charge < -0.3 is 9.72 Å². The maximum Gasteiger partial charge on any atom is 0.139 e. The zero-order chi connectivity index (χ0) is 12.7. The summed E-state index contributed by atoms with van der Waals surface area (Å²) in [6, 6.07) is 0. The van der Waals surface area contributed by atoms with E-state index in [4.69, 9.17) is 9.73 Å². The second-order valence-corrected chi connectivity index (χ2v) is 5.47. The highest BCUT2D eigenvalue weighted by Gasteiger charge is 2.24. The van der Waals surface area contributed by atoms with Crippen molar-refractivity contribution in [2.24, 2.45) is 4.99 Å². The number of nitrogens with zero attached hydrogens (tertiary/aromatic N) is 1. The largest absolute Gasteiger partial charge is 0.492 e. The molecule has 1 aromatic rings. The van der Waals surface area contributed by atoms with Gasteiger partial charge in [-0.2, -0.15) is 0 Å². The monoisotopic (exact) mass is 254 g/mol. The van der Waals surface area contributed by atoms with E-state index in [9.17, 15) is 0 Å². The normalized spacial score (nSPS) is 24.4. The summed E-state index contributed by atoms with van der Waals surface area (Å²) in [7, 11) is 0. The molecule has 0 saturated heterocycles. The number of aromatic nitrogens is 1. The van der Waals surface area contributed by atoms with Gasteiger partial charge in [-0.25, -0.2) is 4.99 Å². The number of rotatable bonds is 1. The maximum absolute atomic E-state index is 5.63. The summed E-state index contributed by atoms with van der Waals surface area (Å²) in [6.07, 6.45) is 15.2. The Labute approximate surface area is 113 Å². The fourth-order valence-electron chi connectivity index (χ4n) is 3.25. The number of ether oxygens (including phenoxy) is 1. The van der Waals surface area contributed by atoms with Gasteiger partial charge in [-0.15, -0.1) is 0 Å². The highest BCUT2D eigenvalue weighted by Crippen LogP contribution is 2.34. The molecule has 98 valence electrons. The van der Waals surface area contributed by atoms with Crippen LogP contribution in [-0.4, -0.2) is 16.8 Å². The van der Waals surface area contributed by atoms with E-state index in [1.54, 1.807) is 0 Å². The van der Waals surface area contributed by atoms with E-state index in [2.05, 4.69) is 23.2 Å². The highest BCUT2D eigenvalue weighted by atomic mass is 16.5. The van der Waals surface area contributed by atoms with E-state index in [0.717, 1.165) is 37.9 Å². The predicted molar refractivity (Wildman–Crippen MR) is 76.8 cm³/mol. The van der Waals surface area contributed by atoms with Crippen molar-refractivity contribution in [3.05, 3.63) is 35.2 Å². The molecule has 3 nitrogen and oxygen atoms in total. The number of hydrogen-bond donors (Lipinski definition) is 1. The van der Waals surface area contributed by atoms with Crippen LogP contribution in [0.4, 0.5) is 5.82 Å². The lowest BCUT2D eigenvalue weighted by Crippen LogP contribution is -2.18. The second-order valence-electron chi connectivity index (χ2n) is 5.47. The molecule has 0 saturated carbocycles. The quantitative estimate of drug-likeness (QED) is 0.815. The molecule has 0 bridgehead atoms. The molecular weight excluding hydrogens is 236 g/mol. The second kappa shape index (κ2) is 4.41. The Kier molecular flexibility index (Phi) is 2.57. The summed E-state index contributed by atoms with van der Waals surface area (Å²) in [6.45, 7) is 0. The zero-order valence-electron chi connectivity index (χ0n) is 11.0. The molecule has 1 aliphatic carbocycles. The number of aromatic amines is 1. The van der Waals surface area contributed by atoms with Gasteiger partial charge in [0.2, 0.25) is 0 Å². The predicted octanol–water partition coefficient (Wildman–Crippen LogP) is 3.69. The lowest BCUT2D eigenvalue weighted by atomic mass is 9.98. The van der Waals surface area contributed by atoms with Gasteiger partial charge in [-0.1, -0.05) is 12.2 Å². The molecule has 0 aromatic carbocycles. The fraction of sp³-hybridized carbons (Fsp3) is 0.438. The van der Waals surface area contributed by atoms with Gasteiger partial charge in [0.1, 0.15) is 11.9 Å². The number of aliphatic imine (C=N–C) groups is 1. The van der Waals surface area contributed by atoms with Crippen molar-refractivity contribution in [1.82, 2.24) is 4.98 Å². The number of hydrogen-bond acceptors (Lipinski definition) is 2. The van der Waals surface area contributed by atoms with Gasteiger partial charge in [0.05, 0.1) is 12.0 Å². The summed E-state index contributed by atoms with van der Waals surface area (Å²) in [5.41, 5.74) is 5.37. The molecular formula is C16H18N2O. The molecule has 1 unspecified atom stereocenters. The zero-order valence-corrected chi connectivity index (χ0v) is 11.0. The molecule has 0 fully saturated rings. The molecule has 3 heteroatoms. The maximum atomic E-state index is 5.63. The summed E-state index contributed by atoms with van der Waals surface area (Å²) in [5.74, 6) is 1.08. The van der Waals surface area contributed by atoms with Crippen LogP contribution in [-0.2, 0) is 17.6 Å². The standard InChI is InChI=1S/C16H18N2O/c1-2-7-13-11(5-1)12-6-3-8-14(18-16(12)17-13)15-9-4-10-19-15/h1,4-5,10,15,17H,2-3,6-9H2. The van der Waals surface area contributed by atoms with Crippen molar-refractivity contribution in [3.8, 4) is 0 Å². The van der Waals surface area contributed by atoms with Crippen molar-refractivity contribution < 1.29 is 4.74 Å². The first-order valence-corrected chi connectivity index (χ1v) is 7.20. The smallest absolute Gasteiger partial charge is 0.139 e. The third-order valence-corrected chi connectivity index (χ3v) is 4.23. The Morgan fingerprint density at radius 2 is 2.21 bits per heavy atom. The van der Waals surface area contributed by atoms with Gasteiger partial charge in [-0.3, -0.25) is 0 Å². The van der Waals surface area contributed by atoms with Crippen molar-refractivity contribution in [1.29, 1.82) is 0 Å². The molecule has 19 heavy (non-hydrogen) atoms. The van der Waals surface area contributed by atoms with Gasteiger partial charge in [0.25, 0.3) is 0 Å². The van der Waals surface area contributed by atoms with Crippen LogP contribution >= 0.6 is 0 Å². The van der Waals surface area contributed by atoms with Crippen molar-refractivity contribution in [3.63, 3.8) is 0 Å². The third-order valence-electron chi connectivity index (χ3n) is 4.23. The number of nitrogens with one attached hydrogen (secondary N) is 1. The first-order chi connectivity index (χ1) is 9.42. The van der Waals surface area contributed by atoms with Crippen LogP contribution < -0.4 is 0 Å². The molecule has 3 aliphatic rings. The molecule has 1 aromatic heterocycles. The minimum absolute atomic E-state index is 0.168. The number of fused-ring (bicyclic) bond motifs is 3. The van der Waals surface area contributed by atoms with Crippen LogP contribution in [0.25, 0.3) is 6.08 Å². The molecule has 1 atom stereocenters. The lowest BCUT2D eigenvalue weighted by molar-refractivity contribution is 0.228. The molecule has 2 aliphatic heterocycles. The van der Waals surface area contributed by atoms with E-state index in [-0.39, 0.29) is 6.10 Å². The number of H-pyrrole nitrogens is 1. The minimum Gasteiger partial charge on any atom is -0.492 e. The molecule has 1 N–H and O–H groups in total. The Morgan fingerprint density at radius 3 is 3.11 bits per heavy atom. The first kappa shape index (κ1) is 11.1. The van der Waals surface area contributed by atoms with E-state index in [0.29, 0.717) is 0 Å². The van der Waals surface area contributed by atoms with Crippen molar-refractivity contribution in [2.45, 2.75) is 44.6 Å². The summed E-state index contributed by atoms with van der Waals surface area (Å²) in [5, 5.41) is 0. The fourth-order valence-corrected chi connectivity index (χ4v) is 3.25. The Hall–Kier alpha value is -1.77. The minimum atomic E-state index is 0.168. The molecule has 0 radical (unpaired) electrons. The van der Waals surface area contributed by atoms with Crippen LogP contribution in [0, 0.1) is 0 Å². The number of allylic oxidation sites excluding steroid dienone is 1. The van der Waals surface area contributed by atoms with Crippen LogP contribution in [0.2, 0.25) is 0 Å². The lowest BCUT2D eigenvalue weighted by Gasteiger charge is -2.12. The van der Waals surface area contributed by atoms with E-state index in [1.807, 2.05) is 6.26 Å². The third kappa shape index (κ3) is 1.84. The van der Waals surface area contributed by atoms with Gasteiger partial charge >= 0.3 is 0 Å². The Bertz CT molecular complexity index is 584. The SMILES string of the molecule is C1=Cc2c([nH]c3c2CCCC(C2CC=CO2)=N3)CC1. The molecule has 0 amide bonds. The van der Waals surface area contributed by atoms with E-state index in [1.165, 1.54) is 29.0 Å². The van der Waals surface area contributed by atoms with Gasteiger partial charge in [-0.05, 0) is 38.2 Å². The molecule has 0 spiro atoms. The average molecular weight is 254 g/mol. The van der Waals surface area contributed by atoms with E-state index < -0.39 is 0 Å². The van der Waals surface area contributed by atoms with E-state index >= 15 is 0 Å². The topological polar surface area (TPSA) is 37.4 Å². The van der Waals surface area contributed by atoms with Crippen LogP contribution in [0.5, 0.6) is 0 Å². The van der Waals surface area contributed by atoms with Crippen LogP contribution in [0.1, 0.15) is 42.5 Å². The van der Waals surface area contributed by atoms with Crippen molar-refractivity contribution >= 4 is 17.6 Å². The summed E-state index contributed by atoms with van der Waals surface area (Å²) < 4.78 is 5.63. The van der Waals surface area contributed by atoms with Gasteiger partial charge in [0, 0.05) is 23.2 Å². The first-order valence-electron chi connectivity index (χ1n) is 7.20. The molecule has 4 rings (SSSR count).